The molecule has 2 aromatic rings. The van der Waals surface area contributed by atoms with Gasteiger partial charge in [-0.1, -0.05) is 55.8 Å². The molecular formula is C22H28O3. The minimum atomic E-state index is -0.700. The number of hydrogen-bond donors (Lipinski definition) is 1. The van der Waals surface area contributed by atoms with Crippen LogP contribution in [0.2, 0.25) is 0 Å². The van der Waals surface area contributed by atoms with Crippen LogP contribution < -0.4 is 4.74 Å². The quantitative estimate of drug-likeness (QED) is 0.577. The van der Waals surface area contributed by atoms with Gasteiger partial charge in [0.25, 0.3) is 0 Å². The van der Waals surface area contributed by atoms with Gasteiger partial charge in [0.2, 0.25) is 0 Å². The van der Waals surface area contributed by atoms with Crippen LogP contribution in [0.15, 0.2) is 54.6 Å². The molecule has 0 saturated heterocycles. The van der Waals surface area contributed by atoms with E-state index < -0.39 is 5.97 Å². The van der Waals surface area contributed by atoms with Crippen LogP contribution in [0.3, 0.4) is 0 Å². The molecule has 2 rings (SSSR count). The van der Waals surface area contributed by atoms with E-state index in [-0.39, 0.29) is 5.92 Å². The molecule has 0 heterocycles. The number of aryl methyl sites for hydroxylation is 2. The average molecular weight is 340 g/mol. The van der Waals surface area contributed by atoms with Crippen molar-refractivity contribution < 1.29 is 14.6 Å². The van der Waals surface area contributed by atoms with Gasteiger partial charge in [0.05, 0.1) is 12.5 Å². The van der Waals surface area contributed by atoms with Crippen molar-refractivity contribution >= 4 is 5.97 Å². The van der Waals surface area contributed by atoms with Crippen LogP contribution in [0.25, 0.3) is 0 Å². The Morgan fingerprint density at radius 1 is 0.920 bits per heavy atom. The number of aliphatic carboxylic acids is 1. The Bertz CT molecular complexity index is 619. The average Bonchev–Trinajstić information content (AvgIpc) is 2.64. The zero-order valence-corrected chi connectivity index (χ0v) is 15.0. The molecule has 0 aromatic heterocycles. The van der Waals surface area contributed by atoms with Crippen LogP contribution in [-0.2, 0) is 17.6 Å². The Labute approximate surface area is 150 Å². The van der Waals surface area contributed by atoms with E-state index >= 15 is 0 Å². The van der Waals surface area contributed by atoms with E-state index in [4.69, 9.17) is 9.84 Å². The van der Waals surface area contributed by atoms with Gasteiger partial charge in [0, 0.05) is 0 Å². The molecule has 0 fully saturated rings. The third-order valence-electron chi connectivity index (χ3n) is 4.42. The molecule has 0 radical (unpaired) electrons. The molecule has 25 heavy (non-hydrogen) atoms. The van der Waals surface area contributed by atoms with E-state index in [1.165, 1.54) is 11.1 Å². The Hall–Kier alpha value is -2.29. The minimum absolute atomic E-state index is 0.244. The maximum atomic E-state index is 10.8. The lowest BCUT2D eigenvalue weighted by molar-refractivity contribution is -0.141. The van der Waals surface area contributed by atoms with E-state index in [1.54, 1.807) is 6.92 Å². The van der Waals surface area contributed by atoms with Crippen molar-refractivity contribution in [3.63, 3.8) is 0 Å². The van der Waals surface area contributed by atoms with E-state index in [9.17, 15) is 4.79 Å². The number of unbranched alkanes of at least 4 members (excludes halogenated alkanes) is 1. The summed E-state index contributed by atoms with van der Waals surface area (Å²) in [5.41, 5.74) is 2.62. The molecule has 1 atom stereocenters. The van der Waals surface area contributed by atoms with Crippen molar-refractivity contribution in [2.45, 2.75) is 45.4 Å². The van der Waals surface area contributed by atoms with Gasteiger partial charge in [-0.05, 0) is 55.4 Å². The summed E-state index contributed by atoms with van der Waals surface area (Å²) in [6.07, 6.45) is 5.75. The molecular weight excluding hydrogens is 312 g/mol. The molecule has 0 aliphatic carbocycles. The minimum Gasteiger partial charge on any atom is -0.494 e. The Kier molecular flexibility index (Phi) is 8.03. The molecule has 0 bridgehead atoms. The third-order valence-corrected chi connectivity index (χ3v) is 4.42. The largest absolute Gasteiger partial charge is 0.494 e. The van der Waals surface area contributed by atoms with Crippen molar-refractivity contribution in [2.75, 3.05) is 6.61 Å². The predicted octanol–water partition coefficient (Wildman–Crippen LogP) is 5.13. The fraction of sp³-hybridized carbons (Fsp3) is 0.409. The monoisotopic (exact) mass is 340 g/mol. The number of carbonyl (C=O) groups is 1. The zero-order valence-electron chi connectivity index (χ0n) is 15.0. The van der Waals surface area contributed by atoms with Crippen molar-refractivity contribution in [3.05, 3.63) is 65.7 Å². The van der Waals surface area contributed by atoms with Gasteiger partial charge in [0.15, 0.2) is 0 Å². The SMILES string of the molecule is CC(CCCCc1ccc(OCCCc2ccccc2)cc1)C(=O)O. The Morgan fingerprint density at radius 3 is 2.24 bits per heavy atom. The summed E-state index contributed by atoms with van der Waals surface area (Å²) in [7, 11) is 0. The van der Waals surface area contributed by atoms with Crippen LogP contribution in [0.1, 0.15) is 43.7 Å². The summed E-state index contributed by atoms with van der Waals surface area (Å²) in [6, 6.07) is 18.7. The normalized spacial score (nSPS) is 11.9. The summed E-state index contributed by atoms with van der Waals surface area (Å²) in [5, 5.41) is 8.87. The van der Waals surface area contributed by atoms with Gasteiger partial charge in [-0.15, -0.1) is 0 Å². The van der Waals surface area contributed by atoms with E-state index in [0.29, 0.717) is 0 Å². The molecule has 2 aromatic carbocycles. The fourth-order valence-electron chi connectivity index (χ4n) is 2.77. The molecule has 0 spiro atoms. The molecule has 0 aliphatic rings. The second-order valence-corrected chi connectivity index (χ2v) is 6.57. The second-order valence-electron chi connectivity index (χ2n) is 6.57. The van der Waals surface area contributed by atoms with Gasteiger partial charge < -0.3 is 9.84 Å². The number of rotatable bonds is 11. The number of carboxylic acids is 1. The van der Waals surface area contributed by atoms with Gasteiger partial charge in [-0.25, -0.2) is 0 Å². The van der Waals surface area contributed by atoms with E-state index in [0.717, 1.165) is 50.9 Å². The van der Waals surface area contributed by atoms with Crippen molar-refractivity contribution in [1.29, 1.82) is 0 Å². The number of benzene rings is 2. The zero-order chi connectivity index (χ0) is 17.9. The maximum Gasteiger partial charge on any atom is 0.306 e. The van der Waals surface area contributed by atoms with Crippen molar-refractivity contribution in [3.8, 4) is 5.75 Å². The van der Waals surface area contributed by atoms with Crippen LogP contribution in [0, 0.1) is 5.92 Å². The van der Waals surface area contributed by atoms with Gasteiger partial charge in [-0.2, -0.15) is 0 Å². The highest BCUT2D eigenvalue weighted by Gasteiger charge is 2.09. The van der Waals surface area contributed by atoms with E-state index in [2.05, 4.69) is 36.4 Å². The number of ether oxygens (including phenoxy) is 1. The Balaban J connectivity index is 1.61. The van der Waals surface area contributed by atoms with Crippen LogP contribution in [0.5, 0.6) is 5.75 Å². The van der Waals surface area contributed by atoms with Crippen molar-refractivity contribution in [1.82, 2.24) is 0 Å². The highest BCUT2D eigenvalue weighted by molar-refractivity contribution is 5.69. The molecule has 134 valence electrons. The topological polar surface area (TPSA) is 46.5 Å². The first-order valence-electron chi connectivity index (χ1n) is 9.13. The smallest absolute Gasteiger partial charge is 0.306 e. The van der Waals surface area contributed by atoms with E-state index in [1.807, 2.05) is 18.2 Å². The lowest BCUT2D eigenvalue weighted by atomic mass is 10.0. The summed E-state index contributed by atoms with van der Waals surface area (Å²) < 4.78 is 5.80. The standard InChI is InChI=1S/C22H28O3/c1-18(22(23)24)8-5-6-11-20-13-15-21(16-14-20)25-17-7-12-19-9-3-2-4-10-19/h2-4,9-10,13-16,18H,5-8,11-12,17H2,1H3,(H,23,24). The predicted molar refractivity (Wildman–Crippen MR) is 101 cm³/mol. The van der Waals surface area contributed by atoms with Crippen LogP contribution in [0.4, 0.5) is 0 Å². The lowest BCUT2D eigenvalue weighted by Crippen LogP contribution is -2.08. The summed E-state index contributed by atoms with van der Waals surface area (Å²) in [6.45, 7) is 2.49. The molecule has 3 heteroatoms. The first-order chi connectivity index (χ1) is 12.1. The molecule has 3 nitrogen and oxygen atoms in total. The molecule has 1 unspecified atom stereocenters. The van der Waals surface area contributed by atoms with Crippen molar-refractivity contribution in [2.24, 2.45) is 5.92 Å². The van der Waals surface area contributed by atoms with Gasteiger partial charge in [-0.3, -0.25) is 4.79 Å². The molecule has 0 amide bonds. The first kappa shape index (κ1) is 19.0. The summed E-state index contributed by atoms with van der Waals surface area (Å²) in [5.74, 6) is -0.0308. The highest BCUT2D eigenvalue weighted by Crippen LogP contribution is 2.16. The number of hydrogen-bond acceptors (Lipinski definition) is 2. The molecule has 1 N–H and O–H groups in total. The summed E-state index contributed by atoms with van der Waals surface area (Å²) >= 11 is 0. The Morgan fingerprint density at radius 2 is 1.56 bits per heavy atom. The van der Waals surface area contributed by atoms with Crippen LogP contribution >= 0.6 is 0 Å². The highest BCUT2D eigenvalue weighted by atomic mass is 16.5. The third kappa shape index (κ3) is 7.42. The number of carboxylic acid groups (broad SMARTS) is 1. The van der Waals surface area contributed by atoms with Crippen LogP contribution in [-0.4, -0.2) is 17.7 Å². The lowest BCUT2D eigenvalue weighted by Gasteiger charge is -2.08. The van der Waals surface area contributed by atoms with Gasteiger partial charge >= 0.3 is 5.97 Å². The maximum absolute atomic E-state index is 10.8. The first-order valence-corrected chi connectivity index (χ1v) is 9.13. The second kappa shape index (κ2) is 10.5. The molecule has 0 aliphatic heterocycles. The van der Waals surface area contributed by atoms with Gasteiger partial charge in [0.1, 0.15) is 5.75 Å². The summed E-state index contributed by atoms with van der Waals surface area (Å²) in [4.78, 5) is 10.8. The fourth-order valence-corrected chi connectivity index (χ4v) is 2.77. The molecule has 0 saturated carbocycles.